The summed E-state index contributed by atoms with van der Waals surface area (Å²) >= 11 is 6.19. The molecule has 3 nitrogen and oxygen atoms in total. The zero-order valence-corrected chi connectivity index (χ0v) is 12.9. The van der Waals surface area contributed by atoms with Crippen LogP contribution >= 0.6 is 11.6 Å². The van der Waals surface area contributed by atoms with Crippen molar-refractivity contribution in [2.75, 3.05) is 11.9 Å². The van der Waals surface area contributed by atoms with Crippen LogP contribution in [0.15, 0.2) is 42.5 Å². The lowest BCUT2D eigenvalue weighted by Gasteiger charge is -2.28. The molecule has 110 valence electrons. The van der Waals surface area contributed by atoms with Gasteiger partial charge in [0.1, 0.15) is 11.9 Å². The fourth-order valence-corrected chi connectivity index (χ4v) is 2.59. The van der Waals surface area contributed by atoms with Gasteiger partial charge in [0.15, 0.2) is 5.75 Å². The van der Waals surface area contributed by atoms with Crippen molar-refractivity contribution in [3.05, 3.63) is 53.1 Å². The second-order valence-electron chi connectivity index (χ2n) is 5.34. The fourth-order valence-electron chi connectivity index (χ4n) is 2.37. The quantitative estimate of drug-likeness (QED) is 0.893. The molecule has 0 saturated heterocycles. The Hall–Kier alpha value is -1.87. The molecule has 0 aliphatic carbocycles. The maximum absolute atomic E-state index is 6.19. The van der Waals surface area contributed by atoms with E-state index in [0.717, 1.165) is 29.3 Å². The monoisotopic (exact) mass is 303 g/mol. The van der Waals surface area contributed by atoms with Crippen LogP contribution in [-0.4, -0.2) is 12.6 Å². The Morgan fingerprint density at radius 3 is 2.67 bits per heavy atom. The highest BCUT2D eigenvalue weighted by Gasteiger charge is 2.22. The molecule has 0 aromatic heterocycles. The van der Waals surface area contributed by atoms with Gasteiger partial charge in [-0.2, -0.15) is 0 Å². The SMILES string of the molecule is CC(C)Oc1ccc(C2CNc3cccc(Cl)c3O2)cc1. The van der Waals surface area contributed by atoms with E-state index in [1.165, 1.54) is 0 Å². The number of benzene rings is 2. The van der Waals surface area contributed by atoms with Gasteiger partial charge < -0.3 is 14.8 Å². The molecule has 0 amide bonds. The first kappa shape index (κ1) is 14.1. The molecule has 1 heterocycles. The lowest BCUT2D eigenvalue weighted by molar-refractivity contribution is 0.210. The Labute approximate surface area is 129 Å². The zero-order chi connectivity index (χ0) is 14.8. The third-order valence-electron chi connectivity index (χ3n) is 3.33. The van der Waals surface area contributed by atoms with E-state index in [4.69, 9.17) is 21.1 Å². The van der Waals surface area contributed by atoms with Crippen LogP contribution in [0.25, 0.3) is 0 Å². The molecular formula is C17H18ClNO2. The highest BCUT2D eigenvalue weighted by Crippen LogP contribution is 2.39. The molecule has 4 heteroatoms. The third-order valence-corrected chi connectivity index (χ3v) is 3.63. The van der Waals surface area contributed by atoms with Crippen molar-refractivity contribution in [1.29, 1.82) is 0 Å². The predicted molar refractivity (Wildman–Crippen MR) is 85.5 cm³/mol. The lowest BCUT2D eigenvalue weighted by atomic mass is 10.1. The molecule has 21 heavy (non-hydrogen) atoms. The molecule has 1 atom stereocenters. The van der Waals surface area contributed by atoms with Gasteiger partial charge in [-0.05, 0) is 43.7 Å². The molecule has 0 spiro atoms. The van der Waals surface area contributed by atoms with Crippen LogP contribution in [-0.2, 0) is 0 Å². The molecule has 0 bridgehead atoms. The van der Waals surface area contributed by atoms with Crippen molar-refractivity contribution in [1.82, 2.24) is 0 Å². The van der Waals surface area contributed by atoms with E-state index >= 15 is 0 Å². The van der Waals surface area contributed by atoms with E-state index in [2.05, 4.69) is 5.32 Å². The highest BCUT2D eigenvalue weighted by molar-refractivity contribution is 6.32. The predicted octanol–water partition coefficient (Wildman–Crippen LogP) is 4.67. The van der Waals surface area contributed by atoms with Crippen LogP contribution in [0.2, 0.25) is 5.02 Å². The Bertz CT molecular complexity index is 625. The number of ether oxygens (including phenoxy) is 2. The normalized spacial score (nSPS) is 16.9. The molecule has 1 aliphatic heterocycles. The minimum atomic E-state index is -0.0505. The Balaban J connectivity index is 1.78. The Kier molecular flexibility index (Phi) is 3.93. The topological polar surface area (TPSA) is 30.5 Å². The van der Waals surface area contributed by atoms with Gasteiger partial charge in [0.25, 0.3) is 0 Å². The molecule has 1 unspecified atom stereocenters. The molecule has 0 fully saturated rings. The largest absolute Gasteiger partial charge is 0.491 e. The number of hydrogen-bond acceptors (Lipinski definition) is 3. The van der Waals surface area contributed by atoms with E-state index in [-0.39, 0.29) is 12.2 Å². The van der Waals surface area contributed by atoms with Crippen LogP contribution in [0.4, 0.5) is 5.69 Å². The van der Waals surface area contributed by atoms with Crippen molar-refractivity contribution >= 4 is 17.3 Å². The minimum absolute atomic E-state index is 0.0505. The summed E-state index contributed by atoms with van der Waals surface area (Å²) in [6.07, 6.45) is 0.125. The van der Waals surface area contributed by atoms with Gasteiger partial charge in [0.05, 0.1) is 23.4 Å². The molecule has 1 aliphatic rings. The molecule has 0 radical (unpaired) electrons. The van der Waals surface area contributed by atoms with E-state index < -0.39 is 0 Å². The second kappa shape index (κ2) is 5.86. The third kappa shape index (κ3) is 3.08. The van der Waals surface area contributed by atoms with Crippen molar-refractivity contribution < 1.29 is 9.47 Å². The summed E-state index contributed by atoms with van der Waals surface area (Å²) < 4.78 is 11.7. The van der Waals surface area contributed by atoms with Crippen LogP contribution in [0.5, 0.6) is 11.5 Å². The summed E-state index contributed by atoms with van der Waals surface area (Å²) in [5.41, 5.74) is 2.04. The van der Waals surface area contributed by atoms with Crippen LogP contribution in [0, 0.1) is 0 Å². The fraction of sp³-hybridized carbons (Fsp3) is 0.294. The minimum Gasteiger partial charge on any atom is -0.491 e. The molecule has 3 rings (SSSR count). The number of anilines is 1. The number of fused-ring (bicyclic) bond motifs is 1. The molecule has 0 saturated carbocycles. The van der Waals surface area contributed by atoms with Crippen molar-refractivity contribution in [2.24, 2.45) is 0 Å². The Morgan fingerprint density at radius 2 is 1.95 bits per heavy atom. The second-order valence-corrected chi connectivity index (χ2v) is 5.75. The Morgan fingerprint density at radius 1 is 1.19 bits per heavy atom. The van der Waals surface area contributed by atoms with Gasteiger partial charge >= 0.3 is 0 Å². The summed E-state index contributed by atoms with van der Waals surface area (Å²) in [6.45, 7) is 4.75. The standard InChI is InChI=1S/C17H18ClNO2/c1-11(2)20-13-8-6-12(7-9-13)16-10-19-15-5-3-4-14(18)17(15)21-16/h3-9,11,16,19H,10H2,1-2H3. The average molecular weight is 304 g/mol. The number of rotatable bonds is 3. The first-order valence-electron chi connectivity index (χ1n) is 7.09. The molecule has 2 aromatic rings. The maximum atomic E-state index is 6.19. The molecular weight excluding hydrogens is 286 g/mol. The van der Waals surface area contributed by atoms with Crippen molar-refractivity contribution in [2.45, 2.75) is 26.1 Å². The lowest BCUT2D eigenvalue weighted by Crippen LogP contribution is -2.23. The van der Waals surface area contributed by atoms with Gasteiger partial charge in [-0.3, -0.25) is 0 Å². The molecule has 2 aromatic carbocycles. The zero-order valence-electron chi connectivity index (χ0n) is 12.1. The number of halogens is 1. The first-order valence-corrected chi connectivity index (χ1v) is 7.47. The van der Waals surface area contributed by atoms with Crippen molar-refractivity contribution in [3.63, 3.8) is 0 Å². The summed E-state index contributed by atoms with van der Waals surface area (Å²) in [7, 11) is 0. The van der Waals surface area contributed by atoms with Crippen LogP contribution < -0.4 is 14.8 Å². The average Bonchev–Trinajstić information content (AvgIpc) is 2.48. The van der Waals surface area contributed by atoms with Gasteiger partial charge in [0.2, 0.25) is 0 Å². The van der Waals surface area contributed by atoms with Crippen molar-refractivity contribution in [3.8, 4) is 11.5 Å². The number of nitrogens with one attached hydrogen (secondary N) is 1. The summed E-state index contributed by atoms with van der Waals surface area (Å²) in [5.74, 6) is 1.59. The van der Waals surface area contributed by atoms with E-state index in [0.29, 0.717) is 5.02 Å². The van der Waals surface area contributed by atoms with Gasteiger partial charge in [-0.15, -0.1) is 0 Å². The maximum Gasteiger partial charge on any atom is 0.161 e. The summed E-state index contributed by atoms with van der Waals surface area (Å²) in [5, 5.41) is 3.99. The number of hydrogen-bond donors (Lipinski definition) is 1. The van der Waals surface area contributed by atoms with E-state index in [9.17, 15) is 0 Å². The summed E-state index contributed by atoms with van der Waals surface area (Å²) in [4.78, 5) is 0. The summed E-state index contributed by atoms with van der Waals surface area (Å²) in [6, 6.07) is 13.7. The van der Waals surface area contributed by atoms with E-state index in [1.807, 2.05) is 56.3 Å². The van der Waals surface area contributed by atoms with Crippen LogP contribution in [0.3, 0.4) is 0 Å². The number of para-hydroxylation sites is 1. The first-order chi connectivity index (χ1) is 10.1. The smallest absolute Gasteiger partial charge is 0.161 e. The van der Waals surface area contributed by atoms with Gasteiger partial charge in [-0.1, -0.05) is 29.8 Å². The van der Waals surface area contributed by atoms with Gasteiger partial charge in [-0.25, -0.2) is 0 Å². The van der Waals surface area contributed by atoms with Crippen LogP contribution in [0.1, 0.15) is 25.5 Å². The van der Waals surface area contributed by atoms with E-state index in [1.54, 1.807) is 0 Å². The molecule has 1 N–H and O–H groups in total. The highest BCUT2D eigenvalue weighted by atomic mass is 35.5. The van der Waals surface area contributed by atoms with Gasteiger partial charge in [0, 0.05) is 0 Å².